The number of hydrogen-bond donors (Lipinski definition) is 2. The minimum absolute atomic E-state index is 0.00352. The van der Waals surface area contributed by atoms with Gasteiger partial charge in [0.25, 0.3) is 5.91 Å². The van der Waals surface area contributed by atoms with E-state index in [4.69, 9.17) is 0 Å². The van der Waals surface area contributed by atoms with Gasteiger partial charge in [-0.15, -0.1) is 5.10 Å². The summed E-state index contributed by atoms with van der Waals surface area (Å²) in [6.07, 6.45) is -1.99. The van der Waals surface area contributed by atoms with E-state index in [-0.39, 0.29) is 30.2 Å². The molecule has 3 aromatic heterocycles. The molecule has 13 heteroatoms. The second-order valence-corrected chi connectivity index (χ2v) is 9.57. The zero-order valence-electron chi connectivity index (χ0n) is 21.4. The summed E-state index contributed by atoms with van der Waals surface area (Å²) in [5.41, 5.74) is 0.660. The molecule has 4 heterocycles. The number of amides is 2. The number of likely N-dealkylation sites (N-methyl/N-ethyl adjacent to an activating group) is 1. The molecule has 6 rings (SSSR count). The molecule has 2 aromatic carbocycles. The number of nitrogens with zero attached hydrogens (tertiary/aromatic N) is 5. The molecule has 208 valence electrons. The summed E-state index contributed by atoms with van der Waals surface area (Å²) in [7, 11) is 1.53. The number of carbonyl (C=O) groups is 2. The molecule has 2 amide bonds. The lowest BCUT2D eigenvalue weighted by Gasteiger charge is -2.22. The third-order valence-corrected chi connectivity index (χ3v) is 6.97. The summed E-state index contributed by atoms with van der Waals surface area (Å²) in [5, 5.41) is 9.77. The normalized spacial score (nSPS) is 15.3. The Morgan fingerprint density at radius 1 is 1.10 bits per heavy atom. The van der Waals surface area contributed by atoms with Gasteiger partial charge in [0.05, 0.1) is 16.9 Å². The van der Waals surface area contributed by atoms with E-state index in [0.29, 0.717) is 27.7 Å². The smallest absolute Gasteiger partial charge is 0.337 e. The summed E-state index contributed by atoms with van der Waals surface area (Å²) in [6.45, 7) is 0. The van der Waals surface area contributed by atoms with Gasteiger partial charge in [-0.2, -0.15) is 13.2 Å². The molecular formula is C28H21F4N7O2. The monoisotopic (exact) mass is 563 g/mol. The molecule has 0 aliphatic carbocycles. The Balaban J connectivity index is 1.32. The molecule has 1 atom stereocenters. The van der Waals surface area contributed by atoms with Crippen LogP contribution in [0.25, 0.3) is 16.6 Å². The van der Waals surface area contributed by atoms with Crippen LogP contribution < -0.4 is 10.2 Å². The third-order valence-electron chi connectivity index (χ3n) is 6.97. The van der Waals surface area contributed by atoms with Crippen LogP contribution in [-0.4, -0.2) is 49.6 Å². The maximum Gasteiger partial charge on any atom is 0.435 e. The van der Waals surface area contributed by atoms with Gasteiger partial charge in [-0.3, -0.25) is 14.7 Å². The van der Waals surface area contributed by atoms with Crippen LogP contribution in [0.15, 0.2) is 67.0 Å². The van der Waals surface area contributed by atoms with Crippen molar-refractivity contribution in [3.63, 3.8) is 0 Å². The van der Waals surface area contributed by atoms with Gasteiger partial charge in [0.2, 0.25) is 11.7 Å². The first-order chi connectivity index (χ1) is 19.6. The topological polar surface area (TPSA) is 109 Å². The highest BCUT2D eigenvalue weighted by Gasteiger charge is 2.37. The number of nitrogens with one attached hydrogen (secondary N) is 2. The van der Waals surface area contributed by atoms with Crippen LogP contribution in [-0.2, 0) is 23.8 Å². The Hall–Kier alpha value is -5.07. The Labute approximate surface area is 229 Å². The Morgan fingerprint density at radius 3 is 2.66 bits per heavy atom. The Bertz CT molecular complexity index is 1810. The molecule has 0 radical (unpaired) electrons. The number of aromatic nitrogens is 5. The van der Waals surface area contributed by atoms with E-state index in [2.05, 4.69) is 25.5 Å². The maximum absolute atomic E-state index is 14.0. The van der Waals surface area contributed by atoms with Gasteiger partial charge in [0.15, 0.2) is 5.69 Å². The van der Waals surface area contributed by atoms with Crippen LogP contribution in [0.3, 0.4) is 0 Å². The highest BCUT2D eigenvalue weighted by atomic mass is 19.4. The first-order valence-electron chi connectivity index (χ1n) is 12.5. The second-order valence-electron chi connectivity index (χ2n) is 9.57. The number of benzene rings is 2. The van der Waals surface area contributed by atoms with Crippen molar-refractivity contribution >= 4 is 28.4 Å². The molecule has 0 bridgehead atoms. The van der Waals surface area contributed by atoms with E-state index in [0.717, 1.165) is 6.20 Å². The van der Waals surface area contributed by atoms with Gasteiger partial charge in [0.1, 0.15) is 17.7 Å². The van der Waals surface area contributed by atoms with Crippen LogP contribution in [0, 0.1) is 5.82 Å². The number of alkyl halides is 3. The quantitative estimate of drug-likeness (QED) is 0.312. The lowest BCUT2D eigenvalue weighted by atomic mass is 10.1. The fourth-order valence-corrected chi connectivity index (χ4v) is 5.08. The minimum atomic E-state index is -4.69. The second kappa shape index (κ2) is 9.84. The number of aromatic amines is 1. The molecule has 41 heavy (non-hydrogen) atoms. The van der Waals surface area contributed by atoms with E-state index in [1.165, 1.54) is 40.9 Å². The fraction of sp³-hybridized carbons (Fsp3) is 0.179. The largest absolute Gasteiger partial charge is 0.435 e. The molecule has 0 saturated carbocycles. The molecule has 0 fully saturated rings. The van der Waals surface area contributed by atoms with Gasteiger partial charge < -0.3 is 14.8 Å². The number of halogens is 4. The van der Waals surface area contributed by atoms with E-state index in [9.17, 15) is 27.2 Å². The summed E-state index contributed by atoms with van der Waals surface area (Å²) in [5.74, 6) is -1.56. The average Bonchev–Trinajstić information content (AvgIpc) is 3.55. The highest BCUT2D eigenvalue weighted by Crippen LogP contribution is 2.39. The predicted molar refractivity (Wildman–Crippen MR) is 140 cm³/mol. The van der Waals surface area contributed by atoms with Crippen LogP contribution in [0.5, 0.6) is 0 Å². The molecule has 0 unspecified atom stereocenters. The van der Waals surface area contributed by atoms with Gasteiger partial charge in [-0.05, 0) is 41.5 Å². The standard InChI is InChI=1S/C28H21F4N7O2/c1-38-19-8-4-9-20-23(19)16(14-39(20)21-10-5-11-33-24(21)28(30,31)32)12-18(27(38)41)34-26(40)25-35-22(36-37-25)13-15-6-2-3-7-17(15)29/h2-11,14,18H,12-13H2,1H3,(H,34,40)(H,35,36,37)/t18-/m0/s1. The fourth-order valence-electron chi connectivity index (χ4n) is 5.08. The first kappa shape index (κ1) is 26.2. The zero-order valence-corrected chi connectivity index (χ0v) is 21.4. The summed E-state index contributed by atoms with van der Waals surface area (Å²) in [4.78, 5) is 35.5. The molecule has 0 saturated heterocycles. The first-order valence-corrected chi connectivity index (χ1v) is 12.5. The highest BCUT2D eigenvalue weighted by molar-refractivity contribution is 6.09. The maximum atomic E-state index is 14.0. The van der Waals surface area contributed by atoms with Crippen LogP contribution in [0.2, 0.25) is 0 Å². The number of anilines is 1. The molecule has 1 aliphatic rings. The van der Waals surface area contributed by atoms with Gasteiger partial charge in [-0.25, -0.2) is 14.4 Å². The van der Waals surface area contributed by atoms with Crippen molar-refractivity contribution in [1.29, 1.82) is 0 Å². The summed E-state index contributed by atoms with van der Waals surface area (Å²) in [6, 6.07) is 12.8. The minimum Gasteiger partial charge on any atom is -0.337 e. The molecule has 1 aliphatic heterocycles. The molecular weight excluding hydrogens is 542 g/mol. The lowest BCUT2D eigenvalue weighted by Crippen LogP contribution is -2.48. The summed E-state index contributed by atoms with van der Waals surface area (Å²) < 4.78 is 56.8. The van der Waals surface area contributed by atoms with Gasteiger partial charge in [-0.1, -0.05) is 24.3 Å². The zero-order chi connectivity index (χ0) is 28.9. The third kappa shape index (κ3) is 4.68. The molecule has 2 N–H and O–H groups in total. The van der Waals surface area contributed by atoms with Crippen molar-refractivity contribution in [3.05, 3.63) is 101 Å². The number of H-pyrrole nitrogens is 1. The molecule has 9 nitrogen and oxygen atoms in total. The van der Waals surface area contributed by atoms with Crippen molar-refractivity contribution in [2.45, 2.75) is 25.1 Å². The van der Waals surface area contributed by atoms with Crippen molar-refractivity contribution in [3.8, 4) is 5.69 Å². The molecule has 0 spiro atoms. The van der Waals surface area contributed by atoms with Crippen molar-refractivity contribution in [1.82, 2.24) is 30.0 Å². The number of pyridine rings is 1. The summed E-state index contributed by atoms with van der Waals surface area (Å²) >= 11 is 0. The van der Waals surface area contributed by atoms with Crippen LogP contribution in [0.1, 0.15) is 33.3 Å². The van der Waals surface area contributed by atoms with E-state index in [1.54, 1.807) is 36.4 Å². The number of hydrogen-bond acceptors (Lipinski definition) is 5. The average molecular weight is 564 g/mol. The number of rotatable bonds is 5. The van der Waals surface area contributed by atoms with E-state index in [1.807, 2.05) is 0 Å². The predicted octanol–water partition coefficient (Wildman–Crippen LogP) is 4.21. The SMILES string of the molecule is CN1C(=O)[C@@H](NC(=O)c2n[nH]c(Cc3ccccc3F)n2)Cc2cn(-c3cccnc3C(F)(F)F)c3cccc1c23. The van der Waals surface area contributed by atoms with Crippen molar-refractivity contribution < 1.29 is 27.2 Å². The van der Waals surface area contributed by atoms with Gasteiger partial charge >= 0.3 is 6.18 Å². The van der Waals surface area contributed by atoms with Crippen molar-refractivity contribution in [2.24, 2.45) is 0 Å². The van der Waals surface area contributed by atoms with E-state index < -0.39 is 35.5 Å². The molecule has 5 aromatic rings. The van der Waals surface area contributed by atoms with Crippen LogP contribution >= 0.6 is 0 Å². The Morgan fingerprint density at radius 2 is 1.88 bits per heavy atom. The van der Waals surface area contributed by atoms with Gasteiger partial charge in [0, 0.05) is 37.7 Å². The number of carbonyl (C=O) groups excluding carboxylic acids is 2. The lowest BCUT2D eigenvalue weighted by molar-refractivity contribution is -0.141. The van der Waals surface area contributed by atoms with Crippen LogP contribution in [0.4, 0.5) is 23.2 Å². The Kier molecular flexibility index (Phi) is 6.28. The van der Waals surface area contributed by atoms with E-state index >= 15 is 0 Å². The van der Waals surface area contributed by atoms with Crippen molar-refractivity contribution in [2.75, 3.05) is 11.9 Å².